The van der Waals surface area contributed by atoms with Crippen LogP contribution in [-0.4, -0.2) is 48.3 Å². The SMILES string of the molecule is CCOC(=O)Cc1ccccc1[C@H]1CN(Cc2ccccc2)C[C@@H]1NC(=O)OC(C)(C)C. The van der Waals surface area contributed by atoms with Crippen molar-refractivity contribution >= 4 is 12.1 Å². The van der Waals surface area contributed by atoms with Gasteiger partial charge < -0.3 is 14.8 Å². The van der Waals surface area contributed by atoms with Crippen LogP contribution in [-0.2, 0) is 27.2 Å². The first-order valence-corrected chi connectivity index (χ1v) is 11.2. The molecule has 6 heteroatoms. The number of benzene rings is 2. The van der Waals surface area contributed by atoms with Gasteiger partial charge in [0.1, 0.15) is 5.60 Å². The van der Waals surface area contributed by atoms with E-state index in [1.807, 2.05) is 64.1 Å². The Hall–Kier alpha value is -2.86. The quantitative estimate of drug-likeness (QED) is 0.654. The molecule has 0 saturated carbocycles. The predicted molar refractivity (Wildman–Crippen MR) is 124 cm³/mol. The normalized spacial score (nSPS) is 18.9. The van der Waals surface area contributed by atoms with E-state index < -0.39 is 11.7 Å². The summed E-state index contributed by atoms with van der Waals surface area (Å²) in [6, 6.07) is 18.1. The van der Waals surface area contributed by atoms with Crippen molar-refractivity contribution in [2.75, 3.05) is 19.7 Å². The third kappa shape index (κ3) is 6.82. The Labute approximate surface area is 190 Å². The van der Waals surface area contributed by atoms with Gasteiger partial charge in [0.15, 0.2) is 0 Å². The Balaban J connectivity index is 1.83. The van der Waals surface area contributed by atoms with Gasteiger partial charge in [-0.25, -0.2) is 4.79 Å². The fourth-order valence-corrected chi connectivity index (χ4v) is 4.20. The van der Waals surface area contributed by atoms with Crippen molar-refractivity contribution in [1.82, 2.24) is 10.2 Å². The zero-order valence-corrected chi connectivity index (χ0v) is 19.5. The lowest BCUT2D eigenvalue weighted by Gasteiger charge is -2.25. The van der Waals surface area contributed by atoms with E-state index in [9.17, 15) is 9.59 Å². The van der Waals surface area contributed by atoms with Gasteiger partial charge in [-0.1, -0.05) is 54.6 Å². The second kappa shape index (κ2) is 10.6. The van der Waals surface area contributed by atoms with Gasteiger partial charge in [-0.2, -0.15) is 0 Å². The molecular weight excluding hydrogens is 404 g/mol. The molecule has 1 aliphatic heterocycles. The fraction of sp³-hybridized carbons (Fsp3) is 0.462. The van der Waals surface area contributed by atoms with Crippen LogP contribution in [0.5, 0.6) is 0 Å². The van der Waals surface area contributed by atoms with E-state index >= 15 is 0 Å². The number of nitrogens with zero attached hydrogens (tertiary/aromatic N) is 1. The first-order chi connectivity index (χ1) is 15.2. The third-order valence-corrected chi connectivity index (χ3v) is 5.44. The molecule has 1 N–H and O–H groups in total. The molecule has 2 atom stereocenters. The number of ether oxygens (including phenoxy) is 2. The van der Waals surface area contributed by atoms with Crippen LogP contribution < -0.4 is 5.32 Å². The molecule has 0 spiro atoms. The van der Waals surface area contributed by atoms with Crippen LogP contribution in [0.3, 0.4) is 0 Å². The highest BCUT2D eigenvalue weighted by molar-refractivity contribution is 5.73. The van der Waals surface area contributed by atoms with Gasteiger partial charge >= 0.3 is 12.1 Å². The largest absolute Gasteiger partial charge is 0.466 e. The number of amides is 1. The summed E-state index contributed by atoms with van der Waals surface area (Å²) in [5, 5.41) is 3.09. The van der Waals surface area contributed by atoms with E-state index in [1.165, 1.54) is 5.56 Å². The number of likely N-dealkylation sites (tertiary alicyclic amines) is 1. The van der Waals surface area contributed by atoms with Crippen molar-refractivity contribution in [2.24, 2.45) is 0 Å². The van der Waals surface area contributed by atoms with Gasteiger partial charge in [0.05, 0.1) is 19.1 Å². The maximum atomic E-state index is 12.6. The zero-order valence-electron chi connectivity index (χ0n) is 19.5. The predicted octanol–water partition coefficient (Wildman–Crippen LogP) is 4.28. The number of hydrogen-bond acceptors (Lipinski definition) is 5. The van der Waals surface area contributed by atoms with E-state index in [0.717, 1.165) is 24.2 Å². The van der Waals surface area contributed by atoms with Gasteiger partial charge in [0.25, 0.3) is 0 Å². The highest BCUT2D eigenvalue weighted by Gasteiger charge is 2.37. The summed E-state index contributed by atoms with van der Waals surface area (Å²) in [6.45, 7) is 10.0. The molecule has 172 valence electrons. The highest BCUT2D eigenvalue weighted by Crippen LogP contribution is 2.32. The van der Waals surface area contributed by atoms with E-state index in [1.54, 1.807) is 0 Å². The van der Waals surface area contributed by atoms with E-state index in [2.05, 4.69) is 28.4 Å². The second-order valence-electron chi connectivity index (χ2n) is 9.22. The third-order valence-electron chi connectivity index (χ3n) is 5.44. The van der Waals surface area contributed by atoms with Crippen molar-refractivity contribution in [3.8, 4) is 0 Å². The molecule has 0 unspecified atom stereocenters. The molecular formula is C26H34N2O4. The maximum Gasteiger partial charge on any atom is 0.407 e. The van der Waals surface area contributed by atoms with Gasteiger partial charge in [-0.05, 0) is 44.4 Å². The molecule has 32 heavy (non-hydrogen) atoms. The van der Waals surface area contributed by atoms with Crippen LogP contribution in [0.15, 0.2) is 54.6 Å². The molecule has 1 saturated heterocycles. The maximum absolute atomic E-state index is 12.6. The number of esters is 1. The molecule has 2 aromatic carbocycles. The Morgan fingerprint density at radius 2 is 1.72 bits per heavy atom. The number of alkyl carbamates (subject to hydrolysis) is 1. The average molecular weight is 439 g/mol. The standard InChI is InChI=1S/C26H34N2O4/c1-5-31-24(29)15-20-13-9-10-14-21(20)22-17-28(16-19-11-7-6-8-12-19)18-23(22)27-25(30)32-26(2,3)4/h6-14,22-23H,5,15-18H2,1-4H3,(H,27,30)/t22-,23+/m1/s1. The minimum Gasteiger partial charge on any atom is -0.466 e. The van der Waals surface area contributed by atoms with Crippen LogP contribution in [0.25, 0.3) is 0 Å². The first-order valence-electron chi connectivity index (χ1n) is 11.2. The lowest BCUT2D eigenvalue weighted by molar-refractivity contribution is -0.142. The van der Waals surface area contributed by atoms with Crippen LogP contribution in [0.2, 0.25) is 0 Å². The summed E-state index contributed by atoms with van der Waals surface area (Å²) in [5.74, 6) is -0.201. The molecule has 2 aromatic rings. The average Bonchev–Trinajstić information content (AvgIpc) is 3.09. The summed E-state index contributed by atoms with van der Waals surface area (Å²) >= 11 is 0. The minimum atomic E-state index is -0.566. The van der Waals surface area contributed by atoms with E-state index in [0.29, 0.717) is 13.2 Å². The highest BCUT2D eigenvalue weighted by atomic mass is 16.6. The number of rotatable bonds is 7. The minimum absolute atomic E-state index is 0.0388. The van der Waals surface area contributed by atoms with Crippen LogP contribution in [0.4, 0.5) is 4.79 Å². The van der Waals surface area contributed by atoms with Crippen molar-refractivity contribution in [3.63, 3.8) is 0 Å². The van der Waals surface area contributed by atoms with Crippen LogP contribution in [0, 0.1) is 0 Å². The molecule has 0 bridgehead atoms. The zero-order chi connectivity index (χ0) is 23.1. The lowest BCUT2D eigenvalue weighted by atomic mass is 9.89. The topological polar surface area (TPSA) is 67.9 Å². The van der Waals surface area contributed by atoms with Crippen LogP contribution >= 0.6 is 0 Å². The molecule has 0 aromatic heterocycles. The summed E-state index contributed by atoms with van der Waals surface area (Å²) in [7, 11) is 0. The van der Waals surface area contributed by atoms with Gasteiger partial charge in [0.2, 0.25) is 0 Å². The van der Waals surface area contributed by atoms with Crippen molar-refractivity contribution in [1.29, 1.82) is 0 Å². The molecule has 6 nitrogen and oxygen atoms in total. The number of nitrogens with one attached hydrogen (secondary N) is 1. The Morgan fingerprint density at radius 3 is 2.41 bits per heavy atom. The molecule has 3 rings (SSSR count). The molecule has 1 amide bonds. The van der Waals surface area contributed by atoms with Crippen molar-refractivity contribution in [2.45, 2.75) is 58.2 Å². The molecule has 1 fully saturated rings. The van der Waals surface area contributed by atoms with E-state index in [4.69, 9.17) is 9.47 Å². The first kappa shape index (κ1) is 23.8. The van der Waals surface area contributed by atoms with Crippen LogP contribution in [0.1, 0.15) is 50.3 Å². The lowest BCUT2D eigenvalue weighted by Crippen LogP contribution is -2.42. The number of carbonyl (C=O) groups is 2. The molecule has 0 radical (unpaired) electrons. The summed E-state index contributed by atoms with van der Waals surface area (Å²) in [4.78, 5) is 27.1. The number of hydrogen-bond donors (Lipinski definition) is 1. The van der Waals surface area contributed by atoms with E-state index in [-0.39, 0.29) is 24.3 Å². The molecule has 1 heterocycles. The summed E-state index contributed by atoms with van der Waals surface area (Å²) < 4.78 is 10.7. The smallest absolute Gasteiger partial charge is 0.407 e. The van der Waals surface area contributed by atoms with Gasteiger partial charge in [-0.3, -0.25) is 9.69 Å². The summed E-state index contributed by atoms with van der Waals surface area (Å²) in [5.41, 5.74) is 2.67. The molecule has 0 aliphatic carbocycles. The Kier molecular flexibility index (Phi) is 7.91. The fourth-order valence-electron chi connectivity index (χ4n) is 4.20. The molecule has 1 aliphatic rings. The van der Waals surface area contributed by atoms with Crippen molar-refractivity contribution < 1.29 is 19.1 Å². The second-order valence-corrected chi connectivity index (χ2v) is 9.22. The Morgan fingerprint density at radius 1 is 1.03 bits per heavy atom. The van der Waals surface area contributed by atoms with Crippen molar-refractivity contribution in [3.05, 3.63) is 71.3 Å². The Bertz CT molecular complexity index is 908. The van der Waals surface area contributed by atoms with Gasteiger partial charge in [-0.15, -0.1) is 0 Å². The summed E-state index contributed by atoms with van der Waals surface area (Å²) in [6.07, 6.45) is -0.199. The number of carbonyl (C=O) groups excluding carboxylic acids is 2. The van der Waals surface area contributed by atoms with Gasteiger partial charge in [0, 0.05) is 25.6 Å². The monoisotopic (exact) mass is 438 g/mol.